The molecule has 0 amide bonds. The lowest BCUT2D eigenvalue weighted by Crippen LogP contribution is -2.24. The fourth-order valence-electron chi connectivity index (χ4n) is 1.77. The summed E-state index contributed by atoms with van der Waals surface area (Å²) in [5.74, 6) is -1.50. The van der Waals surface area contributed by atoms with Crippen molar-refractivity contribution >= 4 is 17.0 Å². The van der Waals surface area contributed by atoms with E-state index >= 15 is 0 Å². The van der Waals surface area contributed by atoms with E-state index in [4.69, 9.17) is 5.11 Å². The third-order valence-electron chi connectivity index (χ3n) is 2.55. The lowest BCUT2D eigenvalue weighted by molar-refractivity contribution is -0.174. The van der Waals surface area contributed by atoms with Crippen LogP contribution in [-0.4, -0.2) is 50.2 Å². The molecule has 0 fully saturated rings. The highest BCUT2D eigenvalue weighted by Crippen LogP contribution is 2.15. The number of H-pyrrole nitrogens is 2. The van der Waals surface area contributed by atoms with Gasteiger partial charge in [0.15, 0.2) is 11.2 Å². The maximum atomic E-state index is 11.9. The molecule has 2 heterocycles. The fraction of sp³-hybridized carbons (Fsp3) is 0.400. The number of aromatic carboxylic acids is 1. The molecule has 0 aliphatic rings. The zero-order chi connectivity index (χ0) is 16.5. The van der Waals surface area contributed by atoms with Crippen molar-refractivity contribution in [2.45, 2.75) is 12.7 Å². The Labute approximate surface area is 118 Å². The van der Waals surface area contributed by atoms with Crippen molar-refractivity contribution in [1.82, 2.24) is 19.7 Å². The van der Waals surface area contributed by atoms with E-state index < -0.39 is 42.3 Å². The van der Waals surface area contributed by atoms with Crippen LogP contribution in [0.4, 0.5) is 13.2 Å². The molecule has 120 valence electrons. The first-order valence-corrected chi connectivity index (χ1v) is 5.80. The molecule has 9 nitrogen and oxygen atoms in total. The summed E-state index contributed by atoms with van der Waals surface area (Å²) in [6.45, 7) is -2.23. The maximum absolute atomic E-state index is 11.9. The Bertz CT molecular complexity index is 819. The number of carbonyl (C=O) groups is 1. The van der Waals surface area contributed by atoms with E-state index in [1.165, 1.54) is 0 Å². The van der Waals surface area contributed by atoms with Crippen LogP contribution in [0.3, 0.4) is 0 Å². The highest BCUT2D eigenvalue weighted by atomic mass is 19.4. The van der Waals surface area contributed by atoms with Gasteiger partial charge in [-0.3, -0.25) is 14.5 Å². The summed E-state index contributed by atoms with van der Waals surface area (Å²) in [6, 6.07) is 0. The Morgan fingerprint density at radius 2 is 2.00 bits per heavy atom. The number of halogens is 3. The van der Waals surface area contributed by atoms with Gasteiger partial charge in [-0.1, -0.05) is 0 Å². The van der Waals surface area contributed by atoms with Gasteiger partial charge in [-0.2, -0.15) is 18.3 Å². The van der Waals surface area contributed by atoms with E-state index in [-0.39, 0.29) is 17.6 Å². The third-order valence-corrected chi connectivity index (χ3v) is 2.55. The van der Waals surface area contributed by atoms with E-state index in [1.807, 2.05) is 4.98 Å². The number of hydrogen-bond donors (Lipinski definition) is 3. The van der Waals surface area contributed by atoms with Crippen molar-refractivity contribution < 1.29 is 27.8 Å². The van der Waals surface area contributed by atoms with E-state index in [0.29, 0.717) is 0 Å². The van der Waals surface area contributed by atoms with Crippen molar-refractivity contribution in [3.63, 3.8) is 0 Å². The first kappa shape index (κ1) is 15.8. The van der Waals surface area contributed by atoms with Gasteiger partial charge in [0.05, 0.1) is 13.2 Å². The lowest BCUT2D eigenvalue weighted by Gasteiger charge is -2.07. The van der Waals surface area contributed by atoms with Crippen molar-refractivity contribution in [3.05, 3.63) is 26.5 Å². The van der Waals surface area contributed by atoms with E-state index in [9.17, 15) is 27.6 Å². The molecule has 22 heavy (non-hydrogen) atoms. The molecule has 0 unspecified atom stereocenters. The smallest absolute Gasteiger partial charge is 0.411 e. The van der Waals surface area contributed by atoms with Crippen molar-refractivity contribution in [3.8, 4) is 0 Å². The largest absolute Gasteiger partial charge is 0.476 e. The summed E-state index contributed by atoms with van der Waals surface area (Å²) in [4.78, 5) is 37.9. The zero-order valence-corrected chi connectivity index (χ0v) is 10.7. The summed E-state index contributed by atoms with van der Waals surface area (Å²) in [5, 5.41) is 12.6. The van der Waals surface area contributed by atoms with Gasteiger partial charge in [0.1, 0.15) is 12.1 Å². The molecule has 3 N–H and O–H groups in total. The lowest BCUT2D eigenvalue weighted by atomic mass is 10.3. The van der Waals surface area contributed by atoms with Gasteiger partial charge < -0.3 is 14.8 Å². The average Bonchev–Trinajstić information content (AvgIpc) is 2.72. The number of carboxylic acids is 1. The molecule has 0 radical (unpaired) electrons. The summed E-state index contributed by atoms with van der Waals surface area (Å²) < 4.78 is 41.0. The first-order chi connectivity index (χ1) is 10.2. The van der Waals surface area contributed by atoms with Crippen molar-refractivity contribution in [2.24, 2.45) is 0 Å². The van der Waals surface area contributed by atoms with Gasteiger partial charge in [0, 0.05) is 0 Å². The highest BCUT2D eigenvalue weighted by molar-refractivity contribution is 5.98. The van der Waals surface area contributed by atoms with Crippen LogP contribution in [0.5, 0.6) is 0 Å². The SMILES string of the molecule is O=C(O)c1nn(CCOCC(F)(F)F)c2c(=O)[nH]c(=O)[nH]c12. The molecule has 2 rings (SSSR count). The molecule has 2 aromatic rings. The Morgan fingerprint density at radius 1 is 1.32 bits per heavy atom. The normalized spacial score (nSPS) is 12.0. The maximum Gasteiger partial charge on any atom is 0.411 e. The molecule has 0 saturated heterocycles. The monoisotopic (exact) mass is 322 g/mol. The quantitative estimate of drug-likeness (QED) is 0.647. The van der Waals surface area contributed by atoms with Gasteiger partial charge in [0.25, 0.3) is 5.56 Å². The predicted molar refractivity (Wildman–Crippen MR) is 64.8 cm³/mol. The van der Waals surface area contributed by atoms with E-state index in [2.05, 4.69) is 14.8 Å². The van der Waals surface area contributed by atoms with Gasteiger partial charge in [-0.15, -0.1) is 0 Å². The second-order valence-corrected chi connectivity index (χ2v) is 4.18. The molecule has 0 atom stereocenters. The van der Waals surface area contributed by atoms with Crippen LogP contribution in [0, 0.1) is 0 Å². The van der Waals surface area contributed by atoms with Gasteiger partial charge in [-0.05, 0) is 0 Å². The summed E-state index contributed by atoms with van der Waals surface area (Å²) in [6.07, 6.45) is -4.50. The summed E-state index contributed by atoms with van der Waals surface area (Å²) in [7, 11) is 0. The number of carboxylic acid groups (broad SMARTS) is 1. The van der Waals surface area contributed by atoms with Gasteiger partial charge in [-0.25, -0.2) is 9.59 Å². The molecule has 0 aliphatic heterocycles. The van der Waals surface area contributed by atoms with Crippen LogP contribution < -0.4 is 11.2 Å². The number of nitrogens with zero attached hydrogens (tertiary/aromatic N) is 2. The molecule has 0 aliphatic carbocycles. The van der Waals surface area contributed by atoms with Gasteiger partial charge in [0.2, 0.25) is 0 Å². The number of alkyl halides is 3. The number of fused-ring (bicyclic) bond motifs is 1. The van der Waals surface area contributed by atoms with Gasteiger partial charge >= 0.3 is 17.8 Å². The van der Waals surface area contributed by atoms with Crippen LogP contribution in [0.25, 0.3) is 11.0 Å². The topological polar surface area (TPSA) is 130 Å². The number of aromatic amines is 2. The summed E-state index contributed by atoms with van der Waals surface area (Å²) >= 11 is 0. The van der Waals surface area contributed by atoms with Crippen LogP contribution in [0.2, 0.25) is 0 Å². The molecular formula is C10H9F3N4O5. The van der Waals surface area contributed by atoms with Crippen molar-refractivity contribution in [1.29, 1.82) is 0 Å². The Balaban J connectivity index is 2.32. The minimum absolute atomic E-state index is 0.271. The number of rotatable bonds is 5. The minimum Gasteiger partial charge on any atom is -0.476 e. The second kappa shape index (κ2) is 5.63. The number of aromatic nitrogens is 4. The molecule has 0 aromatic carbocycles. The van der Waals surface area contributed by atoms with Crippen LogP contribution in [0.1, 0.15) is 10.5 Å². The Hall–Kier alpha value is -2.63. The minimum atomic E-state index is -4.50. The van der Waals surface area contributed by atoms with Crippen LogP contribution in [-0.2, 0) is 11.3 Å². The molecule has 0 spiro atoms. The highest BCUT2D eigenvalue weighted by Gasteiger charge is 2.27. The molecule has 0 saturated carbocycles. The van der Waals surface area contributed by atoms with Crippen LogP contribution in [0.15, 0.2) is 9.59 Å². The first-order valence-electron chi connectivity index (χ1n) is 5.80. The molecule has 12 heteroatoms. The number of ether oxygens (including phenoxy) is 1. The van der Waals surface area contributed by atoms with E-state index in [1.54, 1.807) is 0 Å². The second-order valence-electron chi connectivity index (χ2n) is 4.18. The molecular weight excluding hydrogens is 313 g/mol. The fourth-order valence-corrected chi connectivity index (χ4v) is 1.77. The molecule has 0 bridgehead atoms. The average molecular weight is 322 g/mol. The Morgan fingerprint density at radius 3 is 2.59 bits per heavy atom. The zero-order valence-electron chi connectivity index (χ0n) is 10.7. The predicted octanol–water partition coefficient (Wildman–Crippen LogP) is -0.310. The van der Waals surface area contributed by atoms with Crippen molar-refractivity contribution in [2.75, 3.05) is 13.2 Å². The standard InChI is InChI=1S/C10H9F3N4O5/c11-10(12,13)3-22-2-1-17-6-4(5(16-17)8(19)20)14-9(21)15-7(6)18/h1-3H2,(H,19,20)(H2,14,15,18,21). The third kappa shape index (κ3) is 3.33. The van der Waals surface area contributed by atoms with E-state index in [0.717, 1.165) is 4.68 Å². The molecule has 2 aromatic heterocycles. The number of nitrogens with one attached hydrogen (secondary N) is 2. The van der Waals surface area contributed by atoms with Crippen LogP contribution >= 0.6 is 0 Å². The number of hydrogen-bond acceptors (Lipinski definition) is 5. The summed E-state index contributed by atoms with van der Waals surface area (Å²) in [5.41, 5.74) is -3.00. The Kier molecular flexibility index (Phi) is 4.03.